The van der Waals surface area contributed by atoms with E-state index in [2.05, 4.69) is 79.9 Å². The molecule has 0 bridgehead atoms. The fraction of sp³-hybridized carbons (Fsp3) is 0.576. The highest BCUT2D eigenvalue weighted by atomic mass is 16.2. The first-order valence-corrected chi connectivity index (χ1v) is 33.0. The fourth-order valence-corrected chi connectivity index (χ4v) is 10.4. The number of aliphatic imine (C=N–C) groups is 1. The predicted octanol–water partition coefficient (Wildman–Crippen LogP) is 4.04. The molecule has 0 saturated carbocycles. The molecule has 26 heteroatoms. The molecule has 92 heavy (non-hydrogen) atoms. The number of rotatable bonds is 49. The number of carbonyl (C=O) groups is 9. The number of nitrogens with two attached hydrogens (primary N) is 3. The number of hydrogen-bond acceptors (Lipinski definition) is 13. The van der Waals surface area contributed by atoms with Gasteiger partial charge in [-0.25, -0.2) is 4.98 Å². The third-order valence-corrected chi connectivity index (χ3v) is 15.6. The predicted molar refractivity (Wildman–Crippen MR) is 357 cm³/mol. The van der Waals surface area contributed by atoms with Crippen molar-refractivity contribution in [2.75, 3.05) is 26.2 Å². The van der Waals surface area contributed by atoms with E-state index in [9.17, 15) is 43.2 Å². The zero-order chi connectivity index (χ0) is 66.7. The summed E-state index contributed by atoms with van der Waals surface area (Å²) < 4.78 is 0. The van der Waals surface area contributed by atoms with E-state index in [4.69, 9.17) is 17.2 Å². The van der Waals surface area contributed by atoms with Crippen LogP contribution in [0.3, 0.4) is 0 Å². The number of benzene rings is 2. The minimum Gasteiger partial charge on any atom is -0.370 e. The van der Waals surface area contributed by atoms with Gasteiger partial charge in [0.25, 0.3) is 5.91 Å². The molecule has 0 saturated heterocycles. The van der Waals surface area contributed by atoms with Crippen molar-refractivity contribution in [3.8, 4) is 0 Å². The highest BCUT2D eigenvalue weighted by Gasteiger charge is 2.33. The van der Waals surface area contributed by atoms with E-state index in [1.165, 1.54) is 96.5 Å². The van der Waals surface area contributed by atoms with Gasteiger partial charge in [-0.1, -0.05) is 165 Å². The quantitative estimate of drug-likeness (QED) is 0.0129. The molecule has 4 aromatic rings. The van der Waals surface area contributed by atoms with Crippen molar-refractivity contribution in [1.82, 2.24) is 62.9 Å². The van der Waals surface area contributed by atoms with Crippen molar-refractivity contribution in [2.45, 2.75) is 218 Å². The van der Waals surface area contributed by atoms with Crippen LogP contribution in [0.1, 0.15) is 179 Å². The molecule has 0 unspecified atom stereocenters. The van der Waals surface area contributed by atoms with Crippen LogP contribution < -0.4 is 65.2 Å². The van der Waals surface area contributed by atoms with Crippen LogP contribution in [0.2, 0.25) is 0 Å². The topological polar surface area (TPSA) is 409 Å². The summed E-state index contributed by atoms with van der Waals surface area (Å²) in [5.41, 5.74) is 22.1. The molecule has 17 N–H and O–H groups in total. The van der Waals surface area contributed by atoms with Gasteiger partial charge < -0.3 is 75.1 Å². The number of nitrogens with one attached hydrogen (secondary N) is 11. The summed E-state index contributed by atoms with van der Waals surface area (Å²) in [6.45, 7) is 6.00. The molecule has 2 aromatic carbocycles. The fourth-order valence-electron chi connectivity index (χ4n) is 10.4. The average molecular weight is 1280 g/mol. The van der Waals surface area contributed by atoms with Crippen molar-refractivity contribution in [3.05, 3.63) is 90.1 Å². The number of para-hydroxylation sites is 1. The number of amides is 9. The smallest absolute Gasteiger partial charge is 0.264 e. The van der Waals surface area contributed by atoms with Gasteiger partial charge >= 0.3 is 0 Å². The number of imidazole rings is 1. The molecule has 2 heterocycles. The van der Waals surface area contributed by atoms with E-state index in [1.807, 2.05) is 31.2 Å². The van der Waals surface area contributed by atoms with E-state index in [1.54, 1.807) is 36.5 Å². The lowest BCUT2D eigenvalue weighted by molar-refractivity contribution is -0.135. The summed E-state index contributed by atoms with van der Waals surface area (Å²) in [4.78, 5) is 136. The summed E-state index contributed by atoms with van der Waals surface area (Å²) in [5.74, 6) is -5.88. The largest absolute Gasteiger partial charge is 0.370 e. The molecule has 9 amide bonds. The first-order valence-electron chi connectivity index (χ1n) is 33.0. The Kier molecular flexibility index (Phi) is 36.7. The Morgan fingerprint density at radius 1 is 0.543 bits per heavy atom. The number of unbranched alkanes of at least 4 members (excludes halogenated alkanes) is 15. The van der Waals surface area contributed by atoms with Crippen molar-refractivity contribution >= 4 is 76.2 Å². The van der Waals surface area contributed by atoms with Crippen molar-refractivity contribution in [3.63, 3.8) is 0 Å². The third-order valence-electron chi connectivity index (χ3n) is 15.6. The lowest BCUT2D eigenvalue weighted by Crippen LogP contribution is -2.60. The number of carbonyl (C=O) groups excluding carboxylic acids is 9. The minimum atomic E-state index is -1.36. The second-order valence-corrected chi connectivity index (χ2v) is 23.4. The third kappa shape index (κ3) is 31.3. The summed E-state index contributed by atoms with van der Waals surface area (Å²) in [5, 5.41) is 26.5. The molecule has 506 valence electrons. The van der Waals surface area contributed by atoms with Gasteiger partial charge in [0, 0.05) is 74.3 Å². The molecule has 0 aliphatic carbocycles. The average Bonchev–Trinajstić information content (AvgIpc) is 1.81. The molecule has 6 atom stereocenters. The molecule has 0 fully saturated rings. The monoisotopic (exact) mass is 1280 g/mol. The van der Waals surface area contributed by atoms with Gasteiger partial charge in [-0.3, -0.25) is 48.1 Å². The summed E-state index contributed by atoms with van der Waals surface area (Å²) in [6.07, 6.45) is 27.0. The molecular weight excluding hydrogens is 1170 g/mol. The number of aromatic amines is 2. The Labute approximate surface area is 541 Å². The van der Waals surface area contributed by atoms with Crippen molar-refractivity contribution < 1.29 is 43.2 Å². The molecule has 4 rings (SSSR count). The Bertz CT molecular complexity index is 2910. The first-order chi connectivity index (χ1) is 44.5. The van der Waals surface area contributed by atoms with Crippen molar-refractivity contribution in [1.29, 1.82) is 0 Å². The summed E-state index contributed by atoms with van der Waals surface area (Å²) in [6, 6.07) is 8.73. The lowest BCUT2D eigenvalue weighted by Gasteiger charge is -2.27. The van der Waals surface area contributed by atoms with Crippen LogP contribution >= 0.6 is 0 Å². The van der Waals surface area contributed by atoms with Gasteiger partial charge in [-0.05, 0) is 56.2 Å². The van der Waals surface area contributed by atoms with E-state index in [0.717, 1.165) is 41.9 Å². The van der Waals surface area contributed by atoms with Crippen LogP contribution in [-0.4, -0.2) is 143 Å². The van der Waals surface area contributed by atoms with Crippen LogP contribution in [0.4, 0.5) is 0 Å². The van der Waals surface area contributed by atoms with Gasteiger partial charge in [-0.15, -0.1) is 0 Å². The van der Waals surface area contributed by atoms with Gasteiger partial charge in [0.2, 0.25) is 47.3 Å². The van der Waals surface area contributed by atoms with E-state index in [-0.39, 0.29) is 63.5 Å². The van der Waals surface area contributed by atoms with Crippen LogP contribution in [0.25, 0.3) is 10.9 Å². The molecular formula is C66H103N17O9. The maximum absolute atomic E-state index is 14.5. The Morgan fingerprint density at radius 2 is 1.10 bits per heavy atom. The molecule has 26 nitrogen and oxygen atoms in total. The molecule has 0 aliphatic rings. The standard InChI is InChI=1S/C66H103N17O9/c1-4-6-8-9-10-11-12-13-14-15-16-17-18-19-23-34-57(84)71-36-27-37-72-58(85)43-76-77-44-59(86)79-52(31-7-5-2)62(89)78-46(3)61(88)82-56(40-49-42-70-45-75-49)65(92)83-55(38-47-28-21-20-22-29-47)64(91)80-53(33-26-35-73-66(68)69)63(90)81-54(60(67)87)39-48-41-74-51-32-25-24-30-50(48)51/h20-22,24-25,28-30,32,41-43,45-46,52-56,74,77H,4-19,23,26-27,31,33-40,44H2,1-3H3,(H2,67,87)(H,70,75)(H,71,84)(H,72,85)(H,78,89)(H,79,86)(H,80,91)(H,81,90)(H,82,88)(H,83,92)(H4,68,69,73)/b76-43+/t46-,52-,53-,54-,55+,56-/m0/s1. The zero-order valence-electron chi connectivity index (χ0n) is 54.2. The maximum Gasteiger partial charge on any atom is 0.264 e. The number of aromatic nitrogens is 3. The van der Waals surface area contributed by atoms with Crippen LogP contribution in [-0.2, 0) is 62.4 Å². The minimum absolute atomic E-state index is 0.000486. The molecule has 0 radical (unpaired) electrons. The van der Waals surface area contributed by atoms with Gasteiger partial charge in [0.05, 0.1) is 6.33 Å². The van der Waals surface area contributed by atoms with Crippen LogP contribution in [0.15, 0.2) is 83.4 Å². The zero-order valence-corrected chi connectivity index (χ0v) is 54.2. The normalized spacial score (nSPS) is 13.1. The van der Waals surface area contributed by atoms with Gasteiger partial charge in [0.1, 0.15) is 49.0 Å². The molecule has 0 spiro atoms. The Morgan fingerprint density at radius 3 is 1.74 bits per heavy atom. The van der Waals surface area contributed by atoms with Gasteiger partial charge in [-0.2, -0.15) is 5.10 Å². The highest BCUT2D eigenvalue weighted by molar-refractivity contribution is 6.26. The number of fused-ring (bicyclic) bond motifs is 1. The molecule has 0 aliphatic heterocycles. The first kappa shape index (κ1) is 75.6. The second-order valence-electron chi connectivity index (χ2n) is 23.4. The SMILES string of the molecule is CCCCCCCCCCCCCCCCCC(=O)NCCCNC(=O)/C=N/NCC(=O)N[C@@H](CCCC)C(=O)N[C@@H](C)C(=O)N[C@@H](Cc1cnc[nH]1)C(=O)N[C@H](Cc1ccccc1)C(=O)N[C@@H](CCCN=C(N)N)C(=O)N[C@@H](Cc1c[nH]c2ccccc12)C(N)=O. The van der Waals surface area contributed by atoms with E-state index >= 15 is 0 Å². The van der Waals surface area contributed by atoms with Crippen molar-refractivity contribution in [2.24, 2.45) is 27.3 Å². The lowest BCUT2D eigenvalue weighted by atomic mass is 10.0. The van der Waals surface area contributed by atoms with Gasteiger partial charge in [0.15, 0.2) is 5.96 Å². The summed E-state index contributed by atoms with van der Waals surface area (Å²) >= 11 is 0. The highest BCUT2D eigenvalue weighted by Crippen LogP contribution is 2.20. The van der Waals surface area contributed by atoms with Crippen LogP contribution in [0, 0.1) is 0 Å². The number of nitrogens with zero attached hydrogens (tertiary/aromatic N) is 3. The van der Waals surface area contributed by atoms with Crippen LogP contribution in [0.5, 0.6) is 0 Å². The Hall–Kier alpha value is -8.84. The summed E-state index contributed by atoms with van der Waals surface area (Å²) in [7, 11) is 0. The van der Waals surface area contributed by atoms with E-state index < -0.39 is 83.5 Å². The maximum atomic E-state index is 14.5. The second kappa shape index (κ2) is 44.6. The number of hydrazone groups is 1. The number of primary amides is 1. The Balaban J connectivity index is 1.27. The number of H-pyrrole nitrogens is 2. The van der Waals surface area contributed by atoms with E-state index in [0.29, 0.717) is 50.0 Å². The number of hydrogen-bond donors (Lipinski definition) is 14. The number of guanidine groups is 1. The molecule has 2 aromatic heterocycles.